The van der Waals surface area contributed by atoms with Gasteiger partial charge in [0.15, 0.2) is 0 Å². The molecule has 0 saturated heterocycles. The molecule has 4 nitrogen and oxygen atoms in total. The van der Waals surface area contributed by atoms with Crippen molar-refractivity contribution in [2.75, 3.05) is 13.2 Å². The van der Waals surface area contributed by atoms with Gasteiger partial charge in [-0.2, -0.15) is 13.2 Å². The summed E-state index contributed by atoms with van der Waals surface area (Å²) in [5.74, 6) is 0.457. The minimum Gasteiger partial charge on any atom is -0.372 e. The molecule has 0 fully saturated rings. The third kappa shape index (κ3) is 4.97. The van der Waals surface area contributed by atoms with Gasteiger partial charge in [-0.15, -0.1) is 0 Å². The molecule has 1 atom stereocenters. The highest BCUT2D eigenvalue weighted by Crippen LogP contribution is 2.15. The van der Waals surface area contributed by atoms with Crippen LogP contribution >= 0.6 is 0 Å². The van der Waals surface area contributed by atoms with E-state index in [2.05, 4.69) is 14.7 Å². The Hall–Kier alpha value is -1.21. The van der Waals surface area contributed by atoms with E-state index in [0.717, 1.165) is 11.3 Å². The summed E-state index contributed by atoms with van der Waals surface area (Å²) >= 11 is 0. The maximum Gasteiger partial charge on any atom is 0.411 e. The first-order chi connectivity index (χ1) is 8.29. The lowest BCUT2D eigenvalue weighted by Crippen LogP contribution is -2.18. The van der Waals surface area contributed by atoms with Gasteiger partial charge in [-0.1, -0.05) is 0 Å². The average Bonchev–Trinajstić information content (AvgIpc) is 2.22. The third-order valence-electron chi connectivity index (χ3n) is 2.29. The van der Waals surface area contributed by atoms with Gasteiger partial charge in [-0.05, 0) is 13.8 Å². The summed E-state index contributed by atoms with van der Waals surface area (Å²) in [6, 6.07) is -0.166. The average molecular weight is 263 g/mol. The van der Waals surface area contributed by atoms with Crippen LogP contribution in [0.25, 0.3) is 0 Å². The van der Waals surface area contributed by atoms with Crippen LogP contribution < -0.4 is 5.73 Å². The van der Waals surface area contributed by atoms with E-state index in [1.807, 2.05) is 6.92 Å². The molecule has 2 N–H and O–H groups in total. The minimum atomic E-state index is -4.30. The molecule has 0 saturated carbocycles. The molecule has 7 heteroatoms. The van der Waals surface area contributed by atoms with Gasteiger partial charge in [0.1, 0.15) is 12.4 Å². The molecule has 0 radical (unpaired) electrons. The minimum absolute atomic E-state index is 0.0591. The highest BCUT2D eigenvalue weighted by molar-refractivity contribution is 5.19. The molecule has 0 aromatic carbocycles. The number of aromatic nitrogens is 2. The van der Waals surface area contributed by atoms with Gasteiger partial charge in [0, 0.05) is 29.9 Å². The number of nitrogens with two attached hydrogens (primary N) is 1. The smallest absolute Gasteiger partial charge is 0.372 e. The fourth-order valence-corrected chi connectivity index (χ4v) is 1.44. The Morgan fingerprint density at radius 2 is 2.11 bits per heavy atom. The Morgan fingerprint density at radius 3 is 2.61 bits per heavy atom. The zero-order chi connectivity index (χ0) is 13.8. The Labute approximate surface area is 103 Å². The Bertz CT molecular complexity index is 394. The monoisotopic (exact) mass is 263 g/mol. The van der Waals surface area contributed by atoms with E-state index in [-0.39, 0.29) is 19.1 Å². The lowest BCUT2D eigenvalue weighted by atomic mass is 10.1. The second-order valence-electron chi connectivity index (χ2n) is 4.03. The molecule has 0 amide bonds. The summed E-state index contributed by atoms with van der Waals surface area (Å²) in [5.41, 5.74) is 7.27. The SMILES string of the molecule is Cc1nc(CCOCC(F)(F)F)ncc1[C@H](C)N. The molecule has 0 spiro atoms. The normalized spacial score (nSPS) is 13.7. The van der Waals surface area contributed by atoms with Crippen molar-refractivity contribution in [2.24, 2.45) is 5.73 Å². The molecular weight excluding hydrogens is 247 g/mol. The second kappa shape index (κ2) is 6.10. The number of ether oxygens (including phenoxy) is 1. The summed E-state index contributed by atoms with van der Waals surface area (Å²) in [4.78, 5) is 8.22. The molecule has 0 aliphatic carbocycles. The summed E-state index contributed by atoms with van der Waals surface area (Å²) < 4.78 is 39.9. The van der Waals surface area contributed by atoms with E-state index < -0.39 is 12.8 Å². The summed E-state index contributed by atoms with van der Waals surface area (Å²) in [6.45, 7) is 2.30. The van der Waals surface area contributed by atoms with E-state index in [0.29, 0.717) is 5.82 Å². The van der Waals surface area contributed by atoms with Crippen molar-refractivity contribution in [1.29, 1.82) is 0 Å². The number of hydrogen-bond donors (Lipinski definition) is 1. The van der Waals surface area contributed by atoms with E-state index in [4.69, 9.17) is 5.73 Å². The van der Waals surface area contributed by atoms with Crippen LogP contribution in [0.1, 0.15) is 30.0 Å². The Morgan fingerprint density at radius 1 is 1.44 bits per heavy atom. The van der Waals surface area contributed by atoms with Crippen LogP contribution in [0.15, 0.2) is 6.20 Å². The van der Waals surface area contributed by atoms with Gasteiger partial charge in [-0.25, -0.2) is 9.97 Å². The van der Waals surface area contributed by atoms with E-state index in [9.17, 15) is 13.2 Å². The molecule has 18 heavy (non-hydrogen) atoms. The second-order valence-corrected chi connectivity index (χ2v) is 4.03. The fourth-order valence-electron chi connectivity index (χ4n) is 1.44. The van der Waals surface area contributed by atoms with Crippen LogP contribution in [-0.2, 0) is 11.2 Å². The van der Waals surface area contributed by atoms with Crippen molar-refractivity contribution in [2.45, 2.75) is 32.5 Å². The number of aryl methyl sites for hydroxylation is 1. The molecule has 1 rings (SSSR count). The number of nitrogens with zero attached hydrogens (tertiary/aromatic N) is 2. The molecule has 102 valence electrons. The largest absolute Gasteiger partial charge is 0.411 e. The molecule has 0 unspecified atom stereocenters. The Kier molecular flexibility index (Phi) is 5.03. The number of hydrogen-bond acceptors (Lipinski definition) is 4. The van der Waals surface area contributed by atoms with Crippen LogP contribution in [0, 0.1) is 6.92 Å². The Balaban J connectivity index is 2.47. The molecule has 1 heterocycles. The van der Waals surface area contributed by atoms with E-state index >= 15 is 0 Å². The zero-order valence-electron chi connectivity index (χ0n) is 10.3. The van der Waals surface area contributed by atoms with Crippen LogP contribution in [-0.4, -0.2) is 29.4 Å². The molecule has 0 aliphatic heterocycles. The van der Waals surface area contributed by atoms with Crippen molar-refractivity contribution in [1.82, 2.24) is 9.97 Å². The fraction of sp³-hybridized carbons (Fsp3) is 0.636. The van der Waals surface area contributed by atoms with Crippen LogP contribution in [0.3, 0.4) is 0 Å². The first-order valence-electron chi connectivity index (χ1n) is 5.52. The summed E-state index contributed by atoms with van der Waals surface area (Å²) in [7, 11) is 0. The standard InChI is InChI=1S/C11H16F3N3O/c1-7(15)9-5-16-10(17-8(9)2)3-4-18-6-11(12,13)14/h5,7H,3-4,6,15H2,1-2H3/t7-/m0/s1. The van der Waals surface area contributed by atoms with Crippen molar-refractivity contribution >= 4 is 0 Å². The lowest BCUT2D eigenvalue weighted by Gasteiger charge is -2.10. The van der Waals surface area contributed by atoms with Crippen molar-refractivity contribution in [3.8, 4) is 0 Å². The predicted octanol–water partition coefficient (Wildman–Crippen LogP) is 1.93. The van der Waals surface area contributed by atoms with Crippen LogP contribution in [0.4, 0.5) is 13.2 Å². The molecular formula is C11H16F3N3O. The van der Waals surface area contributed by atoms with Gasteiger partial charge in [0.2, 0.25) is 0 Å². The van der Waals surface area contributed by atoms with Gasteiger partial charge >= 0.3 is 6.18 Å². The maximum atomic E-state index is 11.8. The third-order valence-corrected chi connectivity index (χ3v) is 2.29. The van der Waals surface area contributed by atoms with E-state index in [1.54, 1.807) is 13.1 Å². The van der Waals surface area contributed by atoms with E-state index in [1.165, 1.54) is 0 Å². The van der Waals surface area contributed by atoms with Gasteiger partial charge < -0.3 is 10.5 Å². The highest BCUT2D eigenvalue weighted by Gasteiger charge is 2.27. The summed E-state index contributed by atoms with van der Waals surface area (Å²) in [6.07, 6.45) is -2.45. The van der Waals surface area contributed by atoms with Gasteiger partial charge in [0.25, 0.3) is 0 Å². The first kappa shape index (κ1) is 14.8. The van der Waals surface area contributed by atoms with Crippen molar-refractivity contribution in [3.05, 3.63) is 23.3 Å². The van der Waals surface area contributed by atoms with Gasteiger partial charge in [0.05, 0.1) is 6.61 Å². The molecule has 1 aromatic rings. The van der Waals surface area contributed by atoms with Crippen molar-refractivity contribution < 1.29 is 17.9 Å². The maximum absolute atomic E-state index is 11.8. The molecule has 0 aliphatic rings. The number of halogens is 3. The van der Waals surface area contributed by atoms with Crippen LogP contribution in [0.2, 0.25) is 0 Å². The summed E-state index contributed by atoms with van der Waals surface area (Å²) in [5, 5.41) is 0. The lowest BCUT2D eigenvalue weighted by molar-refractivity contribution is -0.173. The topological polar surface area (TPSA) is 61.0 Å². The van der Waals surface area contributed by atoms with Crippen molar-refractivity contribution in [3.63, 3.8) is 0 Å². The zero-order valence-corrected chi connectivity index (χ0v) is 10.3. The van der Waals surface area contributed by atoms with Gasteiger partial charge in [-0.3, -0.25) is 0 Å². The first-order valence-corrected chi connectivity index (χ1v) is 5.52. The van der Waals surface area contributed by atoms with Crippen LogP contribution in [0.5, 0.6) is 0 Å². The number of alkyl halides is 3. The number of rotatable bonds is 5. The highest BCUT2D eigenvalue weighted by atomic mass is 19.4. The molecule has 0 bridgehead atoms. The predicted molar refractivity (Wildman–Crippen MR) is 59.9 cm³/mol. The molecule has 1 aromatic heterocycles. The quantitative estimate of drug-likeness (QED) is 0.824.